The third-order valence-corrected chi connectivity index (χ3v) is 3.83. The van der Waals surface area contributed by atoms with Gasteiger partial charge in [0.2, 0.25) is 0 Å². The minimum Gasteiger partial charge on any atom is -0.478 e. The van der Waals surface area contributed by atoms with E-state index in [-0.39, 0.29) is 17.3 Å². The molecule has 114 valence electrons. The summed E-state index contributed by atoms with van der Waals surface area (Å²) >= 11 is 0. The third-order valence-electron chi connectivity index (χ3n) is 3.83. The summed E-state index contributed by atoms with van der Waals surface area (Å²) in [5.74, 6) is -1.38. The molecule has 2 rings (SSSR count). The third kappa shape index (κ3) is 3.93. The second-order valence-corrected chi connectivity index (χ2v) is 5.52. The molecule has 6 heteroatoms. The Hall–Kier alpha value is -2.11. The number of anilines is 1. The lowest BCUT2D eigenvalue weighted by Gasteiger charge is -2.27. The summed E-state index contributed by atoms with van der Waals surface area (Å²) in [6.07, 6.45) is 3.87. The largest absolute Gasteiger partial charge is 0.478 e. The number of urea groups is 1. The van der Waals surface area contributed by atoms with Crippen LogP contribution < -0.4 is 10.6 Å². The Bertz CT molecular complexity index is 540. The summed E-state index contributed by atoms with van der Waals surface area (Å²) in [5.41, 5.74) is -0.561. The highest BCUT2D eigenvalue weighted by molar-refractivity contribution is 6.00. The number of benzene rings is 1. The number of halogens is 1. The lowest BCUT2D eigenvalue weighted by molar-refractivity contribution is 0.0697. The van der Waals surface area contributed by atoms with Crippen LogP contribution in [0.1, 0.15) is 43.0 Å². The summed E-state index contributed by atoms with van der Waals surface area (Å²) < 4.78 is 13.7. The maximum Gasteiger partial charge on any atom is 0.337 e. The van der Waals surface area contributed by atoms with Crippen LogP contribution in [0.3, 0.4) is 0 Å². The van der Waals surface area contributed by atoms with Gasteiger partial charge in [0, 0.05) is 6.04 Å². The highest BCUT2D eigenvalue weighted by Crippen LogP contribution is 2.24. The van der Waals surface area contributed by atoms with Crippen molar-refractivity contribution in [3.8, 4) is 0 Å². The number of carboxylic acid groups (broad SMARTS) is 1. The first kappa shape index (κ1) is 15.3. The van der Waals surface area contributed by atoms with Crippen LogP contribution in [-0.2, 0) is 0 Å². The molecule has 3 N–H and O–H groups in total. The molecule has 0 unspecified atom stereocenters. The van der Waals surface area contributed by atoms with E-state index in [0.29, 0.717) is 5.92 Å². The average molecular weight is 294 g/mol. The maximum absolute atomic E-state index is 13.7. The average Bonchev–Trinajstić information content (AvgIpc) is 2.43. The first-order valence-corrected chi connectivity index (χ1v) is 7.06. The highest BCUT2D eigenvalue weighted by Gasteiger charge is 2.21. The van der Waals surface area contributed by atoms with Gasteiger partial charge in [-0.3, -0.25) is 0 Å². The molecule has 0 atom stereocenters. The molecule has 2 amide bonds. The van der Waals surface area contributed by atoms with E-state index in [1.165, 1.54) is 12.1 Å². The maximum atomic E-state index is 13.7. The van der Waals surface area contributed by atoms with Gasteiger partial charge in [0.25, 0.3) is 0 Å². The van der Waals surface area contributed by atoms with Crippen LogP contribution >= 0.6 is 0 Å². The summed E-state index contributed by atoms with van der Waals surface area (Å²) in [4.78, 5) is 23.0. The number of carboxylic acids is 1. The van der Waals surface area contributed by atoms with Crippen molar-refractivity contribution in [2.45, 2.75) is 38.6 Å². The molecule has 0 spiro atoms. The van der Waals surface area contributed by atoms with Crippen molar-refractivity contribution in [2.75, 3.05) is 5.32 Å². The zero-order valence-corrected chi connectivity index (χ0v) is 11.9. The van der Waals surface area contributed by atoms with Gasteiger partial charge >= 0.3 is 12.0 Å². The molecule has 5 nitrogen and oxygen atoms in total. The van der Waals surface area contributed by atoms with E-state index in [9.17, 15) is 14.0 Å². The summed E-state index contributed by atoms with van der Waals surface area (Å²) in [6.45, 7) is 2.18. The Balaban J connectivity index is 2.01. The predicted octanol–water partition coefficient (Wildman–Crippen LogP) is 3.22. The second kappa shape index (κ2) is 6.56. The summed E-state index contributed by atoms with van der Waals surface area (Å²) in [6, 6.07) is 3.15. The number of hydrogen-bond donors (Lipinski definition) is 3. The Morgan fingerprint density at radius 3 is 2.52 bits per heavy atom. The van der Waals surface area contributed by atoms with Crippen molar-refractivity contribution in [2.24, 2.45) is 5.92 Å². The van der Waals surface area contributed by atoms with E-state index in [1.807, 2.05) is 0 Å². The molecule has 1 aromatic rings. The molecule has 0 saturated heterocycles. The van der Waals surface area contributed by atoms with E-state index in [2.05, 4.69) is 17.6 Å². The van der Waals surface area contributed by atoms with Gasteiger partial charge in [-0.15, -0.1) is 0 Å². The molecule has 1 saturated carbocycles. The topological polar surface area (TPSA) is 78.4 Å². The van der Waals surface area contributed by atoms with Crippen LogP contribution in [0.25, 0.3) is 0 Å². The number of carbonyl (C=O) groups excluding carboxylic acids is 1. The van der Waals surface area contributed by atoms with Crippen LogP contribution in [0.4, 0.5) is 14.9 Å². The van der Waals surface area contributed by atoms with Gasteiger partial charge in [-0.05, 0) is 43.7 Å². The van der Waals surface area contributed by atoms with Gasteiger partial charge in [-0.1, -0.05) is 13.0 Å². The van der Waals surface area contributed by atoms with E-state index in [1.54, 1.807) is 0 Å². The molecule has 21 heavy (non-hydrogen) atoms. The molecule has 1 aliphatic carbocycles. The van der Waals surface area contributed by atoms with Gasteiger partial charge in [-0.25, -0.2) is 14.0 Å². The quantitative estimate of drug-likeness (QED) is 0.801. The second-order valence-electron chi connectivity index (χ2n) is 5.52. The predicted molar refractivity (Wildman–Crippen MR) is 76.9 cm³/mol. The molecule has 0 heterocycles. The summed E-state index contributed by atoms with van der Waals surface area (Å²) in [5, 5.41) is 14.1. The van der Waals surface area contributed by atoms with Gasteiger partial charge in [0.15, 0.2) is 0 Å². The molecule has 0 aromatic heterocycles. The van der Waals surface area contributed by atoms with Gasteiger partial charge in [-0.2, -0.15) is 0 Å². The van der Waals surface area contributed by atoms with E-state index in [0.717, 1.165) is 31.7 Å². The highest BCUT2D eigenvalue weighted by atomic mass is 19.1. The van der Waals surface area contributed by atoms with Crippen molar-refractivity contribution >= 4 is 17.7 Å². The Labute approximate surface area is 122 Å². The molecule has 0 radical (unpaired) electrons. The molecular formula is C15H19FN2O3. The lowest BCUT2D eigenvalue weighted by Crippen LogP contribution is -2.40. The molecule has 1 aromatic carbocycles. The monoisotopic (exact) mass is 294 g/mol. The van der Waals surface area contributed by atoms with E-state index >= 15 is 0 Å². The fourth-order valence-corrected chi connectivity index (χ4v) is 2.57. The van der Waals surface area contributed by atoms with Crippen LogP contribution in [0.15, 0.2) is 18.2 Å². The number of amides is 2. The van der Waals surface area contributed by atoms with Crippen LogP contribution in [0.2, 0.25) is 0 Å². The number of hydrogen-bond acceptors (Lipinski definition) is 2. The zero-order valence-electron chi connectivity index (χ0n) is 11.9. The standard InChI is InChI=1S/C15H19FN2O3/c1-9-5-7-10(8-6-9)17-15(21)18-13-11(14(19)20)3-2-4-12(13)16/h2-4,9-10H,5-8H2,1H3,(H,19,20)(H2,17,18,21). The summed E-state index contributed by atoms with van der Waals surface area (Å²) in [7, 11) is 0. The number of carbonyl (C=O) groups is 2. The van der Waals surface area contributed by atoms with Crippen molar-refractivity contribution in [3.05, 3.63) is 29.6 Å². The van der Waals surface area contributed by atoms with Crippen molar-refractivity contribution < 1.29 is 19.1 Å². The van der Waals surface area contributed by atoms with Crippen LogP contribution in [0.5, 0.6) is 0 Å². The zero-order chi connectivity index (χ0) is 15.4. The lowest BCUT2D eigenvalue weighted by atomic mass is 9.87. The number of para-hydroxylation sites is 1. The van der Waals surface area contributed by atoms with Crippen molar-refractivity contribution in [1.29, 1.82) is 0 Å². The normalized spacial score (nSPS) is 21.6. The Kier molecular flexibility index (Phi) is 4.77. The number of rotatable bonds is 3. The van der Waals surface area contributed by atoms with Crippen LogP contribution in [-0.4, -0.2) is 23.1 Å². The number of aromatic carboxylic acids is 1. The smallest absolute Gasteiger partial charge is 0.337 e. The fourth-order valence-electron chi connectivity index (χ4n) is 2.57. The van der Waals surface area contributed by atoms with E-state index in [4.69, 9.17) is 5.11 Å². The van der Waals surface area contributed by atoms with Gasteiger partial charge in [0.05, 0.1) is 11.3 Å². The van der Waals surface area contributed by atoms with E-state index < -0.39 is 17.8 Å². The molecule has 1 aliphatic rings. The molecular weight excluding hydrogens is 275 g/mol. The first-order chi connectivity index (χ1) is 9.97. The SMILES string of the molecule is CC1CCC(NC(=O)Nc2c(F)cccc2C(=O)O)CC1. The minimum absolute atomic E-state index is 0.0567. The van der Waals surface area contributed by atoms with Crippen molar-refractivity contribution in [1.82, 2.24) is 5.32 Å². The van der Waals surface area contributed by atoms with Gasteiger partial charge in [0.1, 0.15) is 5.82 Å². The Morgan fingerprint density at radius 2 is 1.90 bits per heavy atom. The minimum atomic E-state index is -1.28. The number of nitrogens with one attached hydrogen (secondary N) is 2. The fraction of sp³-hybridized carbons (Fsp3) is 0.467. The van der Waals surface area contributed by atoms with Crippen LogP contribution in [0, 0.1) is 11.7 Å². The van der Waals surface area contributed by atoms with Gasteiger partial charge < -0.3 is 15.7 Å². The Morgan fingerprint density at radius 1 is 1.24 bits per heavy atom. The van der Waals surface area contributed by atoms with Crippen molar-refractivity contribution in [3.63, 3.8) is 0 Å². The molecule has 0 aliphatic heterocycles. The molecule has 0 bridgehead atoms. The molecule has 1 fully saturated rings. The first-order valence-electron chi connectivity index (χ1n) is 7.06.